The zero-order valence-corrected chi connectivity index (χ0v) is 13.6. The zero-order valence-electron chi connectivity index (χ0n) is 10.5. The van der Waals surface area contributed by atoms with Crippen LogP contribution in [0.4, 0.5) is 0 Å². The van der Waals surface area contributed by atoms with E-state index in [0.29, 0.717) is 6.61 Å². The number of rotatable bonds is 5. The summed E-state index contributed by atoms with van der Waals surface area (Å²) in [7, 11) is 0. The molecule has 0 saturated heterocycles. The number of benzene rings is 2. The molecule has 0 aliphatic carbocycles. The van der Waals surface area contributed by atoms with Crippen molar-refractivity contribution in [3.63, 3.8) is 0 Å². The van der Waals surface area contributed by atoms with Crippen LogP contribution in [-0.2, 0) is 17.8 Å². The summed E-state index contributed by atoms with van der Waals surface area (Å²) in [6.07, 6.45) is 0.00103. The monoisotopic (exact) mass is 398 g/mol. The van der Waals surface area contributed by atoms with Gasteiger partial charge < -0.3 is 9.84 Å². The standard InChI is InChI=1S/C15H12Br2O3/c16-12-5-6-14(13(17)8-12)20-9-11-4-2-1-3-10(11)7-15(18)19/h1-6,8H,7,9H2,(H,18,19). The molecule has 0 heterocycles. The van der Waals surface area contributed by atoms with E-state index in [0.717, 1.165) is 25.8 Å². The van der Waals surface area contributed by atoms with Crippen LogP contribution in [0.15, 0.2) is 51.4 Å². The predicted octanol–water partition coefficient (Wildman–Crippen LogP) is 4.42. The molecule has 0 unspecified atom stereocenters. The minimum atomic E-state index is -0.845. The Morgan fingerprint density at radius 3 is 2.45 bits per heavy atom. The number of ether oxygens (including phenoxy) is 1. The summed E-state index contributed by atoms with van der Waals surface area (Å²) in [6, 6.07) is 13.0. The van der Waals surface area contributed by atoms with E-state index >= 15 is 0 Å². The van der Waals surface area contributed by atoms with Gasteiger partial charge in [-0.15, -0.1) is 0 Å². The van der Waals surface area contributed by atoms with Gasteiger partial charge in [-0.25, -0.2) is 0 Å². The Morgan fingerprint density at radius 2 is 1.80 bits per heavy atom. The van der Waals surface area contributed by atoms with Crippen LogP contribution in [0.3, 0.4) is 0 Å². The fraction of sp³-hybridized carbons (Fsp3) is 0.133. The number of hydrogen-bond acceptors (Lipinski definition) is 2. The van der Waals surface area contributed by atoms with E-state index < -0.39 is 5.97 Å². The molecule has 0 aliphatic heterocycles. The molecule has 1 N–H and O–H groups in total. The third-order valence-corrected chi connectivity index (χ3v) is 3.85. The molecule has 0 bridgehead atoms. The average molecular weight is 400 g/mol. The van der Waals surface area contributed by atoms with Crippen molar-refractivity contribution in [1.82, 2.24) is 0 Å². The molecule has 5 heteroatoms. The van der Waals surface area contributed by atoms with Crippen LogP contribution in [0, 0.1) is 0 Å². The molecule has 2 aromatic rings. The maximum Gasteiger partial charge on any atom is 0.307 e. The topological polar surface area (TPSA) is 46.5 Å². The van der Waals surface area contributed by atoms with Gasteiger partial charge in [0.25, 0.3) is 0 Å². The summed E-state index contributed by atoms with van der Waals surface area (Å²) in [4.78, 5) is 10.8. The minimum absolute atomic E-state index is 0.00103. The Balaban J connectivity index is 2.12. The minimum Gasteiger partial charge on any atom is -0.488 e. The summed E-state index contributed by atoms with van der Waals surface area (Å²) in [5.74, 6) is -0.124. The van der Waals surface area contributed by atoms with Crippen LogP contribution in [0.25, 0.3) is 0 Å². The molecule has 3 nitrogen and oxygen atoms in total. The first-order chi connectivity index (χ1) is 9.56. The van der Waals surface area contributed by atoms with Crippen molar-refractivity contribution in [2.75, 3.05) is 0 Å². The lowest BCUT2D eigenvalue weighted by Crippen LogP contribution is -2.06. The maximum absolute atomic E-state index is 10.8. The molecule has 2 rings (SSSR count). The first kappa shape index (κ1) is 15.1. The third kappa shape index (κ3) is 4.08. The van der Waals surface area contributed by atoms with E-state index in [1.54, 1.807) is 0 Å². The highest BCUT2D eigenvalue weighted by molar-refractivity contribution is 9.11. The molecule has 0 fully saturated rings. The number of carboxylic acids is 1. The Kier molecular flexibility index (Phi) is 5.20. The van der Waals surface area contributed by atoms with E-state index in [1.165, 1.54) is 0 Å². The zero-order chi connectivity index (χ0) is 14.5. The molecule has 2 aromatic carbocycles. The smallest absolute Gasteiger partial charge is 0.307 e. The van der Waals surface area contributed by atoms with E-state index in [1.807, 2.05) is 42.5 Å². The van der Waals surface area contributed by atoms with Gasteiger partial charge in [0.1, 0.15) is 12.4 Å². The lowest BCUT2D eigenvalue weighted by atomic mass is 10.1. The van der Waals surface area contributed by atoms with Crippen molar-refractivity contribution < 1.29 is 14.6 Å². The number of halogens is 2. The molecule has 20 heavy (non-hydrogen) atoms. The van der Waals surface area contributed by atoms with Gasteiger partial charge in [0.15, 0.2) is 0 Å². The van der Waals surface area contributed by atoms with E-state index in [9.17, 15) is 4.79 Å². The molecule has 0 aliphatic rings. The lowest BCUT2D eigenvalue weighted by Gasteiger charge is -2.11. The van der Waals surface area contributed by atoms with Crippen molar-refractivity contribution in [2.45, 2.75) is 13.0 Å². The van der Waals surface area contributed by atoms with Gasteiger partial charge in [-0.3, -0.25) is 4.79 Å². The summed E-state index contributed by atoms with van der Waals surface area (Å²) < 4.78 is 7.55. The Bertz CT molecular complexity index is 626. The summed E-state index contributed by atoms with van der Waals surface area (Å²) in [5, 5.41) is 8.90. The number of carbonyl (C=O) groups is 1. The summed E-state index contributed by atoms with van der Waals surface area (Å²) in [6.45, 7) is 0.337. The van der Waals surface area contributed by atoms with Gasteiger partial charge in [-0.2, -0.15) is 0 Å². The summed E-state index contributed by atoms with van der Waals surface area (Å²) >= 11 is 6.81. The van der Waals surface area contributed by atoms with Gasteiger partial charge in [0, 0.05) is 4.47 Å². The van der Waals surface area contributed by atoms with Crippen molar-refractivity contribution >= 4 is 37.8 Å². The van der Waals surface area contributed by atoms with Crippen LogP contribution in [-0.4, -0.2) is 11.1 Å². The SMILES string of the molecule is O=C(O)Cc1ccccc1COc1ccc(Br)cc1Br. The molecule has 104 valence electrons. The first-order valence-electron chi connectivity index (χ1n) is 5.92. The quantitative estimate of drug-likeness (QED) is 0.809. The molecular weight excluding hydrogens is 388 g/mol. The van der Waals surface area contributed by atoms with Crippen molar-refractivity contribution in [2.24, 2.45) is 0 Å². The molecule has 0 saturated carbocycles. The first-order valence-corrected chi connectivity index (χ1v) is 7.51. The average Bonchev–Trinajstić information content (AvgIpc) is 2.39. The van der Waals surface area contributed by atoms with Crippen molar-refractivity contribution in [3.8, 4) is 5.75 Å². The van der Waals surface area contributed by atoms with Crippen LogP contribution in [0.5, 0.6) is 5.75 Å². The normalized spacial score (nSPS) is 10.3. The third-order valence-electron chi connectivity index (χ3n) is 2.74. The number of hydrogen-bond donors (Lipinski definition) is 1. The molecule has 0 spiro atoms. The maximum atomic E-state index is 10.8. The second kappa shape index (κ2) is 6.90. The second-order valence-corrected chi connectivity index (χ2v) is 5.97. The van der Waals surface area contributed by atoms with Crippen molar-refractivity contribution in [3.05, 3.63) is 62.5 Å². The molecule has 0 amide bonds. The number of aliphatic carboxylic acids is 1. The van der Waals surface area contributed by atoms with Gasteiger partial charge in [-0.05, 0) is 45.3 Å². The van der Waals surface area contributed by atoms with Crippen LogP contribution in [0.2, 0.25) is 0 Å². The Morgan fingerprint density at radius 1 is 1.10 bits per heavy atom. The second-order valence-electron chi connectivity index (χ2n) is 4.20. The highest BCUT2D eigenvalue weighted by atomic mass is 79.9. The van der Waals surface area contributed by atoms with Gasteiger partial charge in [0.05, 0.1) is 10.9 Å². The predicted molar refractivity (Wildman–Crippen MR) is 84.0 cm³/mol. The lowest BCUT2D eigenvalue weighted by molar-refractivity contribution is -0.136. The van der Waals surface area contributed by atoms with Crippen molar-refractivity contribution in [1.29, 1.82) is 0 Å². The van der Waals surface area contributed by atoms with Crippen LogP contribution >= 0.6 is 31.9 Å². The fourth-order valence-corrected chi connectivity index (χ4v) is 2.94. The highest BCUT2D eigenvalue weighted by Gasteiger charge is 2.08. The van der Waals surface area contributed by atoms with Gasteiger partial charge in [0.2, 0.25) is 0 Å². The van der Waals surface area contributed by atoms with E-state index in [4.69, 9.17) is 9.84 Å². The Hall–Kier alpha value is -1.33. The molecular formula is C15H12Br2O3. The van der Waals surface area contributed by atoms with Crippen LogP contribution < -0.4 is 4.74 Å². The Labute approximate surface area is 133 Å². The summed E-state index contributed by atoms with van der Waals surface area (Å²) in [5.41, 5.74) is 1.65. The van der Waals surface area contributed by atoms with E-state index in [-0.39, 0.29) is 6.42 Å². The van der Waals surface area contributed by atoms with Gasteiger partial charge in [-0.1, -0.05) is 40.2 Å². The highest BCUT2D eigenvalue weighted by Crippen LogP contribution is 2.29. The molecule has 0 aromatic heterocycles. The fourth-order valence-electron chi connectivity index (χ4n) is 1.78. The number of carboxylic acid groups (broad SMARTS) is 1. The largest absolute Gasteiger partial charge is 0.488 e. The van der Waals surface area contributed by atoms with Gasteiger partial charge >= 0.3 is 5.97 Å². The van der Waals surface area contributed by atoms with Crippen LogP contribution in [0.1, 0.15) is 11.1 Å². The molecule has 0 radical (unpaired) electrons. The molecule has 0 atom stereocenters. The van der Waals surface area contributed by atoms with E-state index in [2.05, 4.69) is 31.9 Å².